The van der Waals surface area contributed by atoms with Crippen molar-refractivity contribution in [2.75, 3.05) is 58.4 Å². The van der Waals surface area contributed by atoms with Gasteiger partial charge in [-0.1, -0.05) is 0 Å². The molecule has 0 aromatic heterocycles. The summed E-state index contributed by atoms with van der Waals surface area (Å²) in [6.07, 6.45) is 0. The maximum atomic E-state index is 12.1. The molecule has 8 heteroatoms. The lowest BCUT2D eigenvalue weighted by atomic mass is 10.4. The number of ether oxygens (including phenoxy) is 2. The largest absolute Gasteiger partial charge is 0.464 e. The molecule has 0 saturated heterocycles. The van der Waals surface area contributed by atoms with Crippen LogP contribution in [0.4, 0.5) is 0 Å². The number of thioether (sulfide) groups is 1. The molecule has 0 spiro atoms. The van der Waals surface area contributed by atoms with Crippen LogP contribution < -0.4 is 0 Å². The molecule has 22 heavy (non-hydrogen) atoms. The number of hydrogen-bond donors (Lipinski definition) is 0. The zero-order valence-electron chi connectivity index (χ0n) is 13.8. The maximum Gasteiger partial charge on any atom is 0.302 e. The van der Waals surface area contributed by atoms with Gasteiger partial charge in [-0.15, -0.1) is 0 Å². The molecule has 0 fully saturated rings. The van der Waals surface area contributed by atoms with Crippen LogP contribution in [0.15, 0.2) is 0 Å². The van der Waals surface area contributed by atoms with Crippen LogP contribution in [0.3, 0.4) is 0 Å². The predicted molar refractivity (Wildman–Crippen MR) is 85.7 cm³/mol. The molecule has 0 aromatic carbocycles. The van der Waals surface area contributed by atoms with Gasteiger partial charge in [-0.25, -0.2) is 0 Å². The van der Waals surface area contributed by atoms with Gasteiger partial charge in [0.1, 0.15) is 13.2 Å². The summed E-state index contributed by atoms with van der Waals surface area (Å²) in [4.78, 5) is 37.3. The number of amides is 1. The van der Waals surface area contributed by atoms with Crippen molar-refractivity contribution in [3.63, 3.8) is 0 Å². The van der Waals surface area contributed by atoms with Gasteiger partial charge in [-0.05, 0) is 14.1 Å². The summed E-state index contributed by atoms with van der Waals surface area (Å²) in [5.41, 5.74) is 0. The monoisotopic (exact) mass is 334 g/mol. The number of rotatable bonds is 11. The third kappa shape index (κ3) is 12.5. The Hall–Kier alpha value is -1.28. The van der Waals surface area contributed by atoms with Crippen molar-refractivity contribution in [1.29, 1.82) is 0 Å². The summed E-state index contributed by atoms with van der Waals surface area (Å²) in [5.74, 6) is 0.401. The van der Waals surface area contributed by atoms with Crippen LogP contribution in [0.5, 0.6) is 0 Å². The van der Waals surface area contributed by atoms with Crippen molar-refractivity contribution < 1.29 is 23.9 Å². The minimum absolute atomic E-state index is 0.0527. The molecule has 0 bridgehead atoms. The molecule has 128 valence electrons. The Morgan fingerprint density at radius 3 is 1.82 bits per heavy atom. The summed E-state index contributed by atoms with van der Waals surface area (Å²) in [6.45, 7) is 4.43. The fraction of sp³-hybridized carbons (Fsp3) is 0.786. The number of carbonyl (C=O) groups excluding carboxylic acids is 3. The Kier molecular flexibility index (Phi) is 11.6. The van der Waals surface area contributed by atoms with Gasteiger partial charge < -0.3 is 19.3 Å². The zero-order valence-corrected chi connectivity index (χ0v) is 14.6. The van der Waals surface area contributed by atoms with E-state index in [1.54, 1.807) is 16.7 Å². The molecule has 0 unspecified atom stereocenters. The number of esters is 2. The SMILES string of the molecule is CC(=O)OCCN(CCOC(C)=O)C(=O)CSCCN(C)C. The van der Waals surface area contributed by atoms with Crippen molar-refractivity contribution in [2.45, 2.75) is 13.8 Å². The second kappa shape index (κ2) is 12.3. The van der Waals surface area contributed by atoms with E-state index >= 15 is 0 Å². The Bertz CT molecular complexity index is 343. The van der Waals surface area contributed by atoms with Crippen LogP contribution in [0.2, 0.25) is 0 Å². The van der Waals surface area contributed by atoms with E-state index in [4.69, 9.17) is 9.47 Å². The molecular weight excluding hydrogens is 308 g/mol. The van der Waals surface area contributed by atoms with Crippen LogP contribution in [-0.4, -0.2) is 86.1 Å². The Morgan fingerprint density at radius 2 is 1.41 bits per heavy atom. The fourth-order valence-electron chi connectivity index (χ4n) is 1.46. The predicted octanol–water partition coefficient (Wildman–Crippen LogP) is 0.236. The van der Waals surface area contributed by atoms with E-state index < -0.39 is 0 Å². The molecule has 0 aromatic rings. The molecule has 0 saturated carbocycles. The normalized spacial score (nSPS) is 10.4. The third-order valence-electron chi connectivity index (χ3n) is 2.59. The molecule has 0 rings (SSSR count). The van der Waals surface area contributed by atoms with Gasteiger partial charge in [0.05, 0.1) is 18.8 Å². The lowest BCUT2D eigenvalue weighted by Crippen LogP contribution is -2.38. The van der Waals surface area contributed by atoms with E-state index in [-0.39, 0.29) is 31.1 Å². The van der Waals surface area contributed by atoms with Gasteiger partial charge in [-0.3, -0.25) is 14.4 Å². The van der Waals surface area contributed by atoms with Gasteiger partial charge in [0.2, 0.25) is 5.91 Å². The first kappa shape index (κ1) is 20.7. The number of nitrogens with zero attached hydrogens (tertiary/aromatic N) is 2. The van der Waals surface area contributed by atoms with E-state index in [1.807, 2.05) is 14.1 Å². The highest BCUT2D eigenvalue weighted by molar-refractivity contribution is 7.99. The van der Waals surface area contributed by atoms with Crippen LogP contribution in [-0.2, 0) is 23.9 Å². The van der Waals surface area contributed by atoms with E-state index in [2.05, 4.69) is 4.90 Å². The molecule has 0 radical (unpaired) electrons. The average Bonchev–Trinajstić information content (AvgIpc) is 2.40. The third-order valence-corrected chi connectivity index (χ3v) is 3.52. The summed E-state index contributed by atoms with van der Waals surface area (Å²) in [7, 11) is 3.96. The number of hydrogen-bond acceptors (Lipinski definition) is 7. The van der Waals surface area contributed by atoms with Gasteiger partial charge in [-0.2, -0.15) is 11.8 Å². The smallest absolute Gasteiger partial charge is 0.302 e. The van der Waals surface area contributed by atoms with Gasteiger partial charge in [0.15, 0.2) is 0 Å². The first-order valence-electron chi connectivity index (χ1n) is 7.10. The van der Waals surface area contributed by atoms with Crippen LogP contribution in [0.25, 0.3) is 0 Å². The molecule has 0 aliphatic rings. The highest BCUT2D eigenvalue weighted by atomic mass is 32.2. The van der Waals surface area contributed by atoms with E-state index in [0.29, 0.717) is 18.8 Å². The summed E-state index contributed by atoms with van der Waals surface area (Å²) < 4.78 is 9.71. The van der Waals surface area contributed by atoms with E-state index in [9.17, 15) is 14.4 Å². The Balaban J connectivity index is 4.19. The van der Waals surface area contributed by atoms with Crippen LogP contribution in [0.1, 0.15) is 13.8 Å². The maximum absolute atomic E-state index is 12.1. The fourth-order valence-corrected chi connectivity index (χ4v) is 2.45. The standard InChI is InChI=1S/C14H26N2O5S/c1-12(17)20-8-5-16(6-9-21-13(2)18)14(19)11-22-10-7-15(3)4/h5-11H2,1-4H3. The molecule has 0 N–H and O–H groups in total. The topological polar surface area (TPSA) is 76.1 Å². The molecule has 0 heterocycles. The second-order valence-corrected chi connectivity index (χ2v) is 6.02. The quantitative estimate of drug-likeness (QED) is 0.395. The zero-order chi connectivity index (χ0) is 17.0. The first-order valence-corrected chi connectivity index (χ1v) is 8.25. The highest BCUT2D eigenvalue weighted by Crippen LogP contribution is 2.03. The van der Waals surface area contributed by atoms with Crippen LogP contribution >= 0.6 is 11.8 Å². The van der Waals surface area contributed by atoms with Gasteiger partial charge >= 0.3 is 11.9 Å². The molecule has 1 amide bonds. The Labute approximate surface area is 136 Å². The number of carbonyl (C=O) groups is 3. The summed E-state index contributed by atoms with van der Waals surface area (Å²) in [5, 5.41) is 0. The minimum atomic E-state index is -0.382. The van der Waals surface area contributed by atoms with E-state index in [0.717, 1.165) is 12.3 Å². The minimum Gasteiger partial charge on any atom is -0.464 e. The Morgan fingerprint density at radius 1 is 0.909 bits per heavy atom. The van der Waals surface area contributed by atoms with Crippen molar-refractivity contribution in [2.24, 2.45) is 0 Å². The van der Waals surface area contributed by atoms with Crippen molar-refractivity contribution in [1.82, 2.24) is 9.80 Å². The van der Waals surface area contributed by atoms with Crippen molar-refractivity contribution in [3.05, 3.63) is 0 Å². The molecule has 7 nitrogen and oxygen atoms in total. The first-order chi connectivity index (χ1) is 10.3. The molecule has 0 atom stereocenters. The summed E-state index contributed by atoms with van der Waals surface area (Å²) in [6, 6.07) is 0. The molecule has 0 aliphatic carbocycles. The van der Waals surface area contributed by atoms with Crippen molar-refractivity contribution in [3.8, 4) is 0 Å². The average molecular weight is 334 g/mol. The highest BCUT2D eigenvalue weighted by Gasteiger charge is 2.14. The van der Waals surface area contributed by atoms with E-state index in [1.165, 1.54) is 13.8 Å². The summed E-state index contributed by atoms with van der Waals surface area (Å²) >= 11 is 1.55. The van der Waals surface area contributed by atoms with Gasteiger partial charge in [0, 0.05) is 26.1 Å². The molecule has 0 aliphatic heterocycles. The second-order valence-electron chi connectivity index (χ2n) is 4.92. The van der Waals surface area contributed by atoms with Gasteiger partial charge in [0.25, 0.3) is 0 Å². The van der Waals surface area contributed by atoms with Crippen molar-refractivity contribution >= 4 is 29.6 Å². The lowest BCUT2D eigenvalue weighted by Gasteiger charge is -2.22. The van der Waals surface area contributed by atoms with Crippen LogP contribution in [0, 0.1) is 0 Å². The lowest BCUT2D eigenvalue weighted by molar-refractivity contribution is -0.144. The molecular formula is C14H26N2O5S.